The molecule has 0 fully saturated rings. The Labute approximate surface area is 86.6 Å². The standard InChI is InChI=1S/C9H15F2I/c1-2-3-4-5-6-7-8(10)9(11)12/h2-7H2,1H3/b9-8-. The van der Waals surface area contributed by atoms with Crippen LogP contribution in [0.25, 0.3) is 0 Å². The predicted molar refractivity (Wildman–Crippen MR) is 56.6 cm³/mol. The third kappa shape index (κ3) is 7.00. The van der Waals surface area contributed by atoms with E-state index in [0.717, 1.165) is 19.3 Å². The molecule has 72 valence electrons. The number of allylic oxidation sites excluding steroid dienone is 1. The molecule has 0 aliphatic heterocycles. The van der Waals surface area contributed by atoms with Gasteiger partial charge in [0.05, 0.1) is 0 Å². The number of hydrogen-bond donors (Lipinski definition) is 0. The zero-order valence-corrected chi connectivity index (χ0v) is 9.53. The van der Waals surface area contributed by atoms with Gasteiger partial charge in [-0.15, -0.1) is 0 Å². The third-order valence-electron chi connectivity index (χ3n) is 1.70. The van der Waals surface area contributed by atoms with Crippen molar-refractivity contribution < 1.29 is 8.78 Å². The maximum Gasteiger partial charge on any atom is 0.191 e. The molecule has 0 atom stereocenters. The average molecular weight is 288 g/mol. The first-order chi connectivity index (χ1) is 5.68. The van der Waals surface area contributed by atoms with Gasteiger partial charge in [-0.1, -0.05) is 32.6 Å². The molecule has 0 saturated heterocycles. The van der Waals surface area contributed by atoms with Gasteiger partial charge in [0.15, 0.2) is 3.83 Å². The summed E-state index contributed by atoms with van der Waals surface area (Å²) in [4.78, 5) is 0. The summed E-state index contributed by atoms with van der Waals surface area (Å²) in [5.41, 5.74) is 0. The SMILES string of the molecule is CCCCCCC/C(F)=C(\F)I. The minimum absolute atomic E-state index is 0.262. The Balaban J connectivity index is 3.26. The van der Waals surface area contributed by atoms with Gasteiger partial charge in [-0.3, -0.25) is 0 Å². The van der Waals surface area contributed by atoms with Gasteiger partial charge in [0.1, 0.15) is 5.83 Å². The molecule has 3 heteroatoms. The zero-order chi connectivity index (χ0) is 9.40. The van der Waals surface area contributed by atoms with E-state index in [-0.39, 0.29) is 6.42 Å². The lowest BCUT2D eigenvalue weighted by Gasteiger charge is -1.97. The van der Waals surface area contributed by atoms with Crippen LogP contribution in [-0.2, 0) is 0 Å². The van der Waals surface area contributed by atoms with Crippen molar-refractivity contribution in [1.82, 2.24) is 0 Å². The van der Waals surface area contributed by atoms with E-state index >= 15 is 0 Å². The summed E-state index contributed by atoms with van der Waals surface area (Å²) in [6.45, 7) is 2.13. The highest BCUT2D eigenvalue weighted by atomic mass is 127. The van der Waals surface area contributed by atoms with E-state index in [4.69, 9.17) is 0 Å². The fourth-order valence-corrected chi connectivity index (χ4v) is 1.25. The Bertz CT molecular complexity index is 139. The van der Waals surface area contributed by atoms with Crippen LogP contribution in [0.15, 0.2) is 9.66 Å². The average Bonchev–Trinajstić information content (AvgIpc) is 2.03. The molecule has 0 saturated carbocycles. The quantitative estimate of drug-likeness (QED) is 0.482. The molecule has 0 aromatic rings. The van der Waals surface area contributed by atoms with Crippen molar-refractivity contribution in [3.05, 3.63) is 9.66 Å². The molecule has 0 spiro atoms. The van der Waals surface area contributed by atoms with Crippen molar-refractivity contribution in [2.45, 2.75) is 45.4 Å². The van der Waals surface area contributed by atoms with Gasteiger partial charge in [0.2, 0.25) is 0 Å². The maximum absolute atomic E-state index is 12.5. The third-order valence-corrected chi connectivity index (χ3v) is 2.29. The predicted octanol–water partition coefficient (Wildman–Crippen LogP) is 4.89. The van der Waals surface area contributed by atoms with Crippen molar-refractivity contribution >= 4 is 22.6 Å². The van der Waals surface area contributed by atoms with E-state index in [0.29, 0.717) is 0 Å². The first-order valence-corrected chi connectivity index (χ1v) is 5.46. The molecule has 0 aliphatic rings. The lowest BCUT2D eigenvalue weighted by Crippen LogP contribution is -1.80. The molecule has 0 heterocycles. The van der Waals surface area contributed by atoms with E-state index in [1.807, 2.05) is 0 Å². The second kappa shape index (κ2) is 7.95. The number of hydrogen-bond acceptors (Lipinski definition) is 0. The summed E-state index contributed by atoms with van der Waals surface area (Å²) in [6.07, 6.45) is 5.54. The molecule has 0 nitrogen and oxygen atoms in total. The fourth-order valence-electron chi connectivity index (χ4n) is 0.978. The van der Waals surface area contributed by atoms with Crippen LogP contribution >= 0.6 is 22.6 Å². The van der Waals surface area contributed by atoms with E-state index in [9.17, 15) is 8.78 Å². The molecule has 0 unspecified atom stereocenters. The van der Waals surface area contributed by atoms with Crippen molar-refractivity contribution in [1.29, 1.82) is 0 Å². The summed E-state index contributed by atoms with van der Waals surface area (Å²) in [6, 6.07) is 0. The van der Waals surface area contributed by atoms with Gasteiger partial charge < -0.3 is 0 Å². The smallest absolute Gasteiger partial charge is 0.191 e. The highest BCUT2D eigenvalue weighted by molar-refractivity contribution is 14.1. The number of rotatable bonds is 6. The number of unbranched alkanes of at least 4 members (excludes halogenated alkanes) is 4. The lowest BCUT2D eigenvalue weighted by molar-refractivity contribution is 0.516. The fraction of sp³-hybridized carbons (Fsp3) is 0.778. The molecule has 0 amide bonds. The van der Waals surface area contributed by atoms with Crippen LogP contribution < -0.4 is 0 Å². The highest BCUT2D eigenvalue weighted by Gasteiger charge is 2.01. The second-order valence-electron chi connectivity index (χ2n) is 2.83. The first-order valence-electron chi connectivity index (χ1n) is 4.38. The van der Waals surface area contributed by atoms with E-state index < -0.39 is 9.66 Å². The molecular weight excluding hydrogens is 273 g/mol. The van der Waals surface area contributed by atoms with Crippen LogP contribution in [0.3, 0.4) is 0 Å². The van der Waals surface area contributed by atoms with Gasteiger partial charge in [0.25, 0.3) is 0 Å². The largest absolute Gasteiger partial charge is 0.208 e. The van der Waals surface area contributed by atoms with Gasteiger partial charge >= 0.3 is 0 Å². The summed E-state index contributed by atoms with van der Waals surface area (Å²) >= 11 is 1.37. The summed E-state index contributed by atoms with van der Waals surface area (Å²) in [5.74, 6) is -0.591. The van der Waals surface area contributed by atoms with E-state index in [2.05, 4.69) is 6.92 Å². The second-order valence-corrected chi connectivity index (χ2v) is 3.78. The molecule has 0 radical (unpaired) electrons. The molecule has 0 bridgehead atoms. The zero-order valence-electron chi connectivity index (χ0n) is 7.38. The number of halogens is 3. The van der Waals surface area contributed by atoms with Crippen molar-refractivity contribution in [2.75, 3.05) is 0 Å². The van der Waals surface area contributed by atoms with Gasteiger partial charge in [0, 0.05) is 6.42 Å². The topological polar surface area (TPSA) is 0 Å². The Morgan fingerprint density at radius 2 is 1.67 bits per heavy atom. The molecular formula is C9H15F2I. The Morgan fingerprint density at radius 3 is 2.17 bits per heavy atom. The van der Waals surface area contributed by atoms with Crippen LogP contribution in [-0.4, -0.2) is 0 Å². The monoisotopic (exact) mass is 288 g/mol. The Kier molecular flexibility index (Phi) is 8.17. The Hall–Kier alpha value is 0.330. The van der Waals surface area contributed by atoms with Crippen molar-refractivity contribution in [3.63, 3.8) is 0 Å². The van der Waals surface area contributed by atoms with Crippen LogP contribution in [0, 0.1) is 0 Å². The van der Waals surface area contributed by atoms with Crippen molar-refractivity contribution in [2.24, 2.45) is 0 Å². The first kappa shape index (κ1) is 12.3. The van der Waals surface area contributed by atoms with Gasteiger partial charge in [-0.05, 0) is 29.0 Å². The molecule has 12 heavy (non-hydrogen) atoms. The molecule has 0 aromatic carbocycles. The van der Waals surface area contributed by atoms with Crippen LogP contribution in [0.4, 0.5) is 8.78 Å². The van der Waals surface area contributed by atoms with Crippen LogP contribution in [0.5, 0.6) is 0 Å². The summed E-state index contributed by atoms with van der Waals surface area (Å²) in [5, 5.41) is 0. The molecule has 0 rings (SSSR count). The highest BCUT2D eigenvalue weighted by Crippen LogP contribution is 2.20. The molecule has 0 N–H and O–H groups in total. The van der Waals surface area contributed by atoms with E-state index in [1.165, 1.54) is 35.4 Å². The maximum atomic E-state index is 12.5. The lowest BCUT2D eigenvalue weighted by atomic mass is 10.1. The van der Waals surface area contributed by atoms with Crippen LogP contribution in [0.2, 0.25) is 0 Å². The van der Waals surface area contributed by atoms with Crippen molar-refractivity contribution in [3.8, 4) is 0 Å². The van der Waals surface area contributed by atoms with Gasteiger partial charge in [-0.25, -0.2) is 4.39 Å². The van der Waals surface area contributed by atoms with Crippen LogP contribution in [0.1, 0.15) is 45.4 Å². The Morgan fingerprint density at radius 1 is 1.08 bits per heavy atom. The van der Waals surface area contributed by atoms with E-state index in [1.54, 1.807) is 0 Å². The summed E-state index contributed by atoms with van der Waals surface area (Å²) < 4.78 is 24.0. The normalized spacial score (nSPS) is 13.0. The molecule has 0 aliphatic carbocycles. The summed E-state index contributed by atoms with van der Waals surface area (Å²) in [7, 11) is 0. The van der Waals surface area contributed by atoms with Gasteiger partial charge in [-0.2, -0.15) is 4.39 Å². The molecule has 0 aromatic heterocycles. The minimum atomic E-state index is -0.692. The minimum Gasteiger partial charge on any atom is -0.208 e.